The van der Waals surface area contributed by atoms with Crippen LogP contribution in [0.15, 0.2) is 42.6 Å². The van der Waals surface area contributed by atoms with E-state index in [2.05, 4.69) is 9.88 Å². The summed E-state index contributed by atoms with van der Waals surface area (Å²) in [6.07, 6.45) is 5.35. The number of fused-ring (bicyclic) bond motifs is 1. The molecular formula is C31H42FN3O3. The quantitative estimate of drug-likeness (QED) is 0.295. The monoisotopic (exact) mass is 523 g/mol. The lowest BCUT2D eigenvalue weighted by Gasteiger charge is -2.30. The van der Waals surface area contributed by atoms with Crippen LogP contribution in [0.3, 0.4) is 0 Å². The van der Waals surface area contributed by atoms with Crippen LogP contribution in [-0.2, 0) is 9.53 Å². The summed E-state index contributed by atoms with van der Waals surface area (Å²) in [5.41, 5.74) is 3.44. The van der Waals surface area contributed by atoms with Crippen LogP contribution >= 0.6 is 0 Å². The van der Waals surface area contributed by atoms with E-state index < -0.39 is 0 Å². The Balaban J connectivity index is 0.00000195. The molecule has 6 nitrogen and oxygen atoms in total. The Hall–Kier alpha value is -3.03. The minimum atomic E-state index is -0.348. The number of pyridine rings is 1. The fourth-order valence-corrected chi connectivity index (χ4v) is 5.10. The Kier molecular flexibility index (Phi) is 10.6. The molecule has 1 aliphatic carbocycles. The molecule has 2 atom stereocenters. The van der Waals surface area contributed by atoms with Gasteiger partial charge in [-0.2, -0.15) is 0 Å². The number of anilines is 1. The number of halogens is 1. The molecule has 0 aliphatic heterocycles. The van der Waals surface area contributed by atoms with E-state index in [1.807, 2.05) is 70.1 Å². The second kappa shape index (κ2) is 13.7. The van der Waals surface area contributed by atoms with Gasteiger partial charge in [0.2, 0.25) is 5.91 Å². The first-order valence-electron chi connectivity index (χ1n) is 13.6. The lowest BCUT2D eigenvalue weighted by molar-refractivity contribution is -0.117. The lowest BCUT2D eigenvalue weighted by atomic mass is 9.99. The summed E-state index contributed by atoms with van der Waals surface area (Å²) in [6.45, 7) is 9.13. The number of hydrogen-bond acceptors (Lipinski definition) is 5. The summed E-state index contributed by atoms with van der Waals surface area (Å²) in [7, 11) is 5.79. The van der Waals surface area contributed by atoms with Crippen molar-refractivity contribution in [2.75, 3.05) is 39.3 Å². The van der Waals surface area contributed by atoms with Crippen molar-refractivity contribution in [2.45, 2.75) is 65.5 Å². The number of aromatic nitrogens is 1. The Labute approximate surface area is 226 Å². The minimum absolute atomic E-state index is 0.0333. The minimum Gasteiger partial charge on any atom is -0.494 e. The smallest absolute Gasteiger partial charge is 0.224 e. The highest BCUT2D eigenvalue weighted by Gasteiger charge is 2.33. The van der Waals surface area contributed by atoms with Crippen molar-refractivity contribution in [3.63, 3.8) is 0 Å². The van der Waals surface area contributed by atoms with Gasteiger partial charge in [0.05, 0.1) is 23.9 Å². The molecular weight excluding hydrogens is 481 g/mol. The topological polar surface area (TPSA) is 54.9 Å². The number of amides is 1. The molecule has 0 N–H and O–H groups in total. The van der Waals surface area contributed by atoms with Gasteiger partial charge < -0.3 is 19.3 Å². The van der Waals surface area contributed by atoms with Crippen molar-refractivity contribution < 1.29 is 18.7 Å². The van der Waals surface area contributed by atoms with Crippen LogP contribution in [0.4, 0.5) is 10.1 Å². The molecule has 1 aromatic heterocycles. The third-order valence-electron chi connectivity index (χ3n) is 6.93. The van der Waals surface area contributed by atoms with Gasteiger partial charge in [0.25, 0.3) is 0 Å². The maximum absolute atomic E-state index is 15.2. The van der Waals surface area contributed by atoms with Crippen molar-refractivity contribution in [3.05, 3.63) is 54.0 Å². The highest BCUT2D eigenvalue weighted by atomic mass is 19.1. The van der Waals surface area contributed by atoms with Crippen LogP contribution in [-0.4, -0.2) is 62.3 Å². The summed E-state index contributed by atoms with van der Waals surface area (Å²) in [6, 6.07) is 10.8. The largest absolute Gasteiger partial charge is 0.494 e. The molecule has 1 amide bonds. The maximum atomic E-state index is 15.2. The number of carbonyl (C=O) groups is 1. The zero-order valence-electron chi connectivity index (χ0n) is 23.9. The van der Waals surface area contributed by atoms with Gasteiger partial charge in [0.15, 0.2) is 0 Å². The summed E-state index contributed by atoms with van der Waals surface area (Å²) < 4.78 is 26.6. The van der Waals surface area contributed by atoms with E-state index in [-0.39, 0.29) is 23.9 Å². The Morgan fingerprint density at radius 3 is 2.45 bits per heavy atom. The molecule has 2 aromatic carbocycles. The number of ether oxygens (including phenoxy) is 2. The van der Waals surface area contributed by atoms with Gasteiger partial charge in [-0.05, 0) is 76.0 Å². The van der Waals surface area contributed by atoms with Crippen molar-refractivity contribution in [1.29, 1.82) is 0 Å². The number of benzene rings is 2. The first-order chi connectivity index (χ1) is 18.3. The van der Waals surface area contributed by atoms with Gasteiger partial charge in [-0.1, -0.05) is 26.0 Å². The summed E-state index contributed by atoms with van der Waals surface area (Å²) in [5.74, 6) is 0.377. The van der Waals surface area contributed by atoms with Gasteiger partial charge in [-0.15, -0.1) is 0 Å². The second-order valence-corrected chi connectivity index (χ2v) is 9.88. The molecule has 0 radical (unpaired) electrons. The van der Waals surface area contributed by atoms with Gasteiger partial charge in [0.1, 0.15) is 11.6 Å². The van der Waals surface area contributed by atoms with Crippen molar-refractivity contribution in [3.8, 4) is 16.9 Å². The molecule has 2 unspecified atom stereocenters. The molecule has 0 bridgehead atoms. The van der Waals surface area contributed by atoms with Crippen LogP contribution in [0.5, 0.6) is 5.75 Å². The summed E-state index contributed by atoms with van der Waals surface area (Å²) in [5, 5.41) is 0.770. The van der Waals surface area contributed by atoms with Gasteiger partial charge >= 0.3 is 0 Å². The van der Waals surface area contributed by atoms with E-state index in [4.69, 9.17) is 9.47 Å². The molecule has 3 aromatic rings. The van der Waals surface area contributed by atoms with E-state index in [1.54, 1.807) is 20.2 Å². The normalized spacial score (nSPS) is 16.9. The first kappa shape index (κ1) is 29.5. The van der Waals surface area contributed by atoms with Crippen LogP contribution < -0.4 is 9.64 Å². The van der Waals surface area contributed by atoms with Crippen molar-refractivity contribution >= 4 is 22.5 Å². The molecule has 1 heterocycles. The lowest BCUT2D eigenvalue weighted by Crippen LogP contribution is -2.38. The number of aryl methyl sites for hydroxylation is 1. The number of methoxy groups -OCH3 is 1. The predicted molar refractivity (Wildman–Crippen MR) is 153 cm³/mol. The second-order valence-electron chi connectivity index (χ2n) is 9.88. The molecule has 1 saturated carbocycles. The molecule has 0 spiro atoms. The van der Waals surface area contributed by atoms with Crippen molar-refractivity contribution in [1.82, 2.24) is 9.88 Å². The third-order valence-corrected chi connectivity index (χ3v) is 6.93. The summed E-state index contributed by atoms with van der Waals surface area (Å²) >= 11 is 0. The molecule has 1 fully saturated rings. The molecule has 1 aliphatic rings. The number of rotatable bonds is 9. The van der Waals surface area contributed by atoms with Gasteiger partial charge in [0, 0.05) is 49.8 Å². The fraction of sp³-hybridized carbons (Fsp3) is 0.484. The summed E-state index contributed by atoms with van der Waals surface area (Å²) in [4.78, 5) is 21.4. The maximum Gasteiger partial charge on any atom is 0.224 e. The Bertz CT molecular complexity index is 1210. The zero-order chi connectivity index (χ0) is 27.8. The van der Waals surface area contributed by atoms with E-state index >= 15 is 4.39 Å². The third kappa shape index (κ3) is 6.88. The van der Waals surface area contributed by atoms with Crippen LogP contribution in [0.25, 0.3) is 22.0 Å². The predicted octanol–water partition coefficient (Wildman–Crippen LogP) is 6.63. The van der Waals surface area contributed by atoms with E-state index in [9.17, 15) is 4.79 Å². The molecule has 206 valence electrons. The van der Waals surface area contributed by atoms with Crippen molar-refractivity contribution in [2.24, 2.45) is 0 Å². The Morgan fingerprint density at radius 1 is 1.13 bits per heavy atom. The SMILES string of the molecule is CC.COC1CCC(N(C(C)=O)c2c(C)cnc3cc(F)c(-c4ccc(OCCCN(C)C)cc4)cc23)C1. The standard InChI is InChI=1S/C29H36FN3O3.C2H6/c1-19-18-31-28-17-27(30)25(21-7-10-23(11-8-21)36-14-6-13-32(3)4)16-26(28)29(19)33(20(2)34)22-9-12-24(15-22)35-5;1-2/h7-8,10-11,16-18,22,24H,6,9,12-15H2,1-5H3;1-2H3. The average Bonchev–Trinajstić information content (AvgIpc) is 3.38. The van der Waals surface area contributed by atoms with Gasteiger partial charge in [-0.25, -0.2) is 4.39 Å². The van der Waals surface area contributed by atoms with Crippen LogP contribution in [0, 0.1) is 12.7 Å². The number of hydrogen-bond donors (Lipinski definition) is 0. The molecule has 0 saturated heterocycles. The molecule has 7 heteroatoms. The zero-order valence-corrected chi connectivity index (χ0v) is 23.9. The van der Waals surface area contributed by atoms with E-state index in [1.165, 1.54) is 6.07 Å². The van der Waals surface area contributed by atoms with E-state index in [0.717, 1.165) is 60.2 Å². The van der Waals surface area contributed by atoms with Crippen LogP contribution in [0.2, 0.25) is 0 Å². The number of carbonyl (C=O) groups excluding carboxylic acids is 1. The highest BCUT2D eigenvalue weighted by molar-refractivity contribution is 6.04. The molecule has 4 rings (SSSR count). The average molecular weight is 524 g/mol. The van der Waals surface area contributed by atoms with Crippen LogP contribution in [0.1, 0.15) is 52.0 Å². The first-order valence-corrected chi connectivity index (χ1v) is 13.6. The van der Waals surface area contributed by atoms with Gasteiger partial charge in [-0.3, -0.25) is 9.78 Å². The van der Waals surface area contributed by atoms with E-state index in [0.29, 0.717) is 17.7 Å². The highest BCUT2D eigenvalue weighted by Crippen LogP contribution is 2.38. The number of nitrogens with zero attached hydrogens (tertiary/aromatic N) is 3. The Morgan fingerprint density at radius 2 is 1.84 bits per heavy atom. The fourth-order valence-electron chi connectivity index (χ4n) is 5.10. The molecule has 38 heavy (non-hydrogen) atoms.